The molecule has 42 heavy (non-hydrogen) atoms. The van der Waals surface area contributed by atoms with Gasteiger partial charge in [-0.25, -0.2) is 8.42 Å². The van der Waals surface area contributed by atoms with Crippen molar-refractivity contribution in [2.75, 3.05) is 17.4 Å². The molecular formula is C32H39Cl2N3O4S. The molecule has 0 aromatic heterocycles. The smallest absolute Gasteiger partial charge is 0.264 e. The topological polar surface area (TPSA) is 86.8 Å². The van der Waals surface area contributed by atoms with Crippen molar-refractivity contribution in [3.63, 3.8) is 0 Å². The molecule has 3 rings (SSSR count). The van der Waals surface area contributed by atoms with Crippen molar-refractivity contribution in [1.29, 1.82) is 0 Å². The first-order valence-electron chi connectivity index (χ1n) is 14.1. The number of halogens is 2. The molecule has 0 aliphatic carbocycles. The summed E-state index contributed by atoms with van der Waals surface area (Å²) in [5.74, 6) is -0.874. The molecule has 7 nitrogen and oxygen atoms in total. The van der Waals surface area contributed by atoms with Crippen LogP contribution < -0.4 is 9.62 Å². The monoisotopic (exact) mass is 631 g/mol. The Morgan fingerprint density at radius 3 is 2.10 bits per heavy atom. The first-order valence-corrected chi connectivity index (χ1v) is 16.3. The highest BCUT2D eigenvalue weighted by molar-refractivity contribution is 7.92. The number of carbonyl (C=O) groups is 2. The van der Waals surface area contributed by atoms with Crippen LogP contribution in [0.2, 0.25) is 10.0 Å². The van der Waals surface area contributed by atoms with Gasteiger partial charge in [0.15, 0.2) is 0 Å². The average Bonchev–Trinajstić information content (AvgIpc) is 2.93. The van der Waals surface area contributed by atoms with Crippen LogP contribution >= 0.6 is 23.2 Å². The van der Waals surface area contributed by atoms with Crippen LogP contribution in [-0.2, 0) is 26.2 Å². The first kappa shape index (κ1) is 33.4. The van der Waals surface area contributed by atoms with E-state index in [1.807, 2.05) is 46.8 Å². The predicted octanol–water partition coefficient (Wildman–Crippen LogP) is 6.84. The number of benzene rings is 3. The summed E-state index contributed by atoms with van der Waals surface area (Å²) in [7, 11) is -4.16. The van der Waals surface area contributed by atoms with Crippen molar-refractivity contribution in [3.8, 4) is 0 Å². The minimum Gasteiger partial charge on any atom is -0.354 e. The van der Waals surface area contributed by atoms with Crippen LogP contribution in [0.15, 0.2) is 65.6 Å². The molecule has 1 N–H and O–H groups in total. The number of anilines is 1. The zero-order valence-corrected chi connectivity index (χ0v) is 27.1. The zero-order chi connectivity index (χ0) is 31.0. The quantitative estimate of drug-likeness (QED) is 0.209. The lowest BCUT2D eigenvalue weighted by Gasteiger charge is -2.34. The van der Waals surface area contributed by atoms with Crippen LogP contribution in [0.25, 0.3) is 0 Å². The van der Waals surface area contributed by atoms with Crippen molar-refractivity contribution in [1.82, 2.24) is 10.2 Å². The average molecular weight is 633 g/mol. The Hall–Kier alpha value is -3.07. The van der Waals surface area contributed by atoms with E-state index in [1.165, 1.54) is 17.0 Å². The van der Waals surface area contributed by atoms with Crippen molar-refractivity contribution >= 4 is 50.7 Å². The van der Waals surface area contributed by atoms with E-state index in [4.69, 9.17) is 23.2 Å². The Balaban J connectivity index is 2.11. The van der Waals surface area contributed by atoms with Crippen molar-refractivity contribution < 1.29 is 18.0 Å². The SMILES string of the molecule is CCCCNC(=O)[C@@H](CC)N(Cc1c(Cl)cccc1Cl)C(=O)CN(c1ccc(C)cc1C)S(=O)(=O)c1ccc(C)cc1. The van der Waals surface area contributed by atoms with E-state index in [0.717, 1.165) is 28.3 Å². The van der Waals surface area contributed by atoms with Gasteiger partial charge in [0.05, 0.1) is 10.6 Å². The molecule has 0 saturated heterocycles. The standard InChI is InChI=1S/C32H39Cl2N3O4S/c1-6-8-18-35-32(39)29(7-2)36(20-26-27(33)10-9-11-28(26)34)31(38)21-37(30-17-14-23(4)19-24(30)5)42(40,41)25-15-12-22(3)13-16-25/h9-17,19,29H,6-8,18,20-21H2,1-5H3,(H,35,39)/t29-/m1/s1. The van der Waals surface area contributed by atoms with E-state index in [-0.39, 0.29) is 17.3 Å². The maximum absolute atomic E-state index is 14.3. The molecule has 10 heteroatoms. The molecule has 0 heterocycles. The summed E-state index contributed by atoms with van der Waals surface area (Å²) in [5, 5.41) is 3.61. The van der Waals surface area contributed by atoms with Gasteiger partial charge in [-0.1, -0.05) is 84.9 Å². The third-order valence-corrected chi connectivity index (χ3v) is 9.60. The Morgan fingerprint density at radius 2 is 1.52 bits per heavy atom. The maximum atomic E-state index is 14.3. The van der Waals surface area contributed by atoms with Crippen LogP contribution in [0.3, 0.4) is 0 Å². The highest BCUT2D eigenvalue weighted by Crippen LogP contribution is 2.30. The molecule has 3 aromatic rings. The van der Waals surface area contributed by atoms with Crippen LogP contribution in [0.1, 0.15) is 55.4 Å². The Morgan fingerprint density at radius 1 is 0.905 bits per heavy atom. The molecule has 0 saturated carbocycles. The van der Waals surface area contributed by atoms with Gasteiger partial charge >= 0.3 is 0 Å². The maximum Gasteiger partial charge on any atom is 0.264 e. The fourth-order valence-electron chi connectivity index (χ4n) is 4.72. The van der Waals surface area contributed by atoms with Gasteiger partial charge in [-0.3, -0.25) is 13.9 Å². The molecule has 0 aliphatic heterocycles. The predicted molar refractivity (Wildman–Crippen MR) is 171 cm³/mol. The Bertz CT molecular complexity index is 1490. The van der Waals surface area contributed by atoms with E-state index in [1.54, 1.807) is 36.4 Å². The number of hydrogen-bond donors (Lipinski definition) is 1. The number of carbonyl (C=O) groups excluding carboxylic acids is 2. The van der Waals surface area contributed by atoms with Gasteiger partial charge in [-0.15, -0.1) is 0 Å². The number of unbranched alkanes of at least 4 members (excludes halogenated alkanes) is 1. The summed E-state index contributed by atoms with van der Waals surface area (Å²) < 4.78 is 29.3. The second-order valence-electron chi connectivity index (χ2n) is 10.4. The summed E-state index contributed by atoms with van der Waals surface area (Å²) in [6.45, 7) is 9.30. The lowest BCUT2D eigenvalue weighted by molar-refractivity contribution is -0.140. The molecule has 3 aromatic carbocycles. The fourth-order valence-corrected chi connectivity index (χ4v) is 6.71. The van der Waals surface area contributed by atoms with E-state index < -0.39 is 28.5 Å². The molecule has 1 atom stereocenters. The van der Waals surface area contributed by atoms with Gasteiger partial charge in [0.1, 0.15) is 12.6 Å². The zero-order valence-electron chi connectivity index (χ0n) is 24.8. The third-order valence-electron chi connectivity index (χ3n) is 7.11. The van der Waals surface area contributed by atoms with Gasteiger partial charge in [0.2, 0.25) is 11.8 Å². The van der Waals surface area contributed by atoms with Gasteiger partial charge in [-0.05, 0) is 69.5 Å². The van der Waals surface area contributed by atoms with Crippen LogP contribution in [0.4, 0.5) is 5.69 Å². The number of nitrogens with zero attached hydrogens (tertiary/aromatic N) is 2. The summed E-state index contributed by atoms with van der Waals surface area (Å²) in [5.41, 5.74) is 3.42. The molecular weight excluding hydrogens is 593 g/mol. The summed E-state index contributed by atoms with van der Waals surface area (Å²) >= 11 is 13.0. The molecule has 0 aliphatic rings. The summed E-state index contributed by atoms with van der Waals surface area (Å²) in [6.07, 6.45) is 2.00. The largest absolute Gasteiger partial charge is 0.354 e. The molecule has 0 spiro atoms. The Labute approximate surface area is 259 Å². The minimum absolute atomic E-state index is 0.0610. The normalized spacial score (nSPS) is 12.1. The van der Waals surface area contributed by atoms with E-state index in [0.29, 0.717) is 39.8 Å². The van der Waals surface area contributed by atoms with E-state index in [2.05, 4.69) is 5.32 Å². The summed E-state index contributed by atoms with van der Waals surface area (Å²) in [6, 6.07) is 16.0. The number of sulfonamides is 1. The van der Waals surface area contributed by atoms with Gasteiger partial charge < -0.3 is 10.2 Å². The lowest BCUT2D eigenvalue weighted by Crippen LogP contribution is -2.52. The molecule has 226 valence electrons. The highest BCUT2D eigenvalue weighted by atomic mass is 35.5. The molecule has 0 unspecified atom stereocenters. The first-order chi connectivity index (χ1) is 19.9. The van der Waals surface area contributed by atoms with Gasteiger partial charge in [0.25, 0.3) is 10.0 Å². The fraction of sp³-hybridized carbons (Fsp3) is 0.375. The Kier molecular flexibility index (Phi) is 11.9. The molecule has 0 fully saturated rings. The molecule has 0 radical (unpaired) electrons. The third kappa shape index (κ3) is 8.06. The lowest BCUT2D eigenvalue weighted by atomic mass is 10.1. The number of nitrogens with one attached hydrogen (secondary N) is 1. The minimum atomic E-state index is -4.16. The van der Waals surface area contributed by atoms with Crippen molar-refractivity contribution in [3.05, 3.63) is 93.0 Å². The van der Waals surface area contributed by atoms with Gasteiger partial charge in [-0.2, -0.15) is 0 Å². The van der Waals surface area contributed by atoms with Crippen LogP contribution in [0, 0.1) is 20.8 Å². The van der Waals surface area contributed by atoms with Gasteiger partial charge in [0, 0.05) is 28.7 Å². The number of amides is 2. The van der Waals surface area contributed by atoms with Crippen LogP contribution in [0.5, 0.6) is 0 Å². The number of aryl methyl sites for hydroxylation is 3. The van der Waals surface area contributed by atoms with Crippen molar-refractivity contribution in [2.45, 2.75) is 71.4 Å². The van der Waals surface area contributed by atoms with E-state index in [9.17, 15) is 18.0 Å². The second kappa shape index (κ2) is 14.9. The van der Waals surface area contributed by atoms with Crippen LogP contribution in [-0.4, -0.2) is 44.3 Å². The molecule has 2 amide bonds. The number of rotatable bonds is 13. The van der Waals surface area contributed by atoms with E-state index >= 15 is 0 Å². The number of hydrogen-bond acceptors (Lipinski definition) is 4. The highest BCUT2D eigenvalue weighted by Gasteiger charge is 2.34. The molecule has 0 bridgehead atoms. The second-order valence-corrected chi connectivity index (χ2v) is 13.1. The summed E-state index contributed by atoms with van der Waals surface area (Å²) in [4.78, 5) is 29.0. The van der Waals surface area contributed by atoms with Crippen molar-refractivity contribution in [2.24, 2.45) is 0 Å².